The lowest BCUT2D eigenvalue weighted by molar-refractivity contribution is 0.0126. The maximum absolute atomic E-state index is 12.9. The average molecular weight is 571 g/mol. The highest BCUT2D eigenvalue weighted by atomic mass is 35.5. The summed E-state index contributed by atoms with van der Waals surface area (Å²) in [6.07, 6.45) is 0.725. The second-order valence-electron chi connectivity index (χ2n) is 9.72. The van der Waals surface area contributed by atoms with Crippen LogP contribution in [0, 0.1) is 0 Å². The summed E-state index contributed by atoms with van der Waals surface area (Å²) in [4.78, 5) is 27.4. The number of nitrogens with one attached hydrogen (secondary N) is 1. The largest absolute Gasteiger partial charge is 0.489 e. The van der Waals surface area contributed by atoms with Crippen LogP contribution in [0.15, 0.2) is 35.2 Å². The number of benzene rings is 2. The summed E-state index contributed by atoms with van der Waals surface area (Å²) in [5.74, 6) is 0.402. The molecule has 0 saturated carbocycles. The van der Waals surface area contributed by atoms with Gasteiger partial charge in [0.25, 0.3) is 5.91 Å². The first kappa shape index (κ1) is 29.1. The van der Waals surface area contributed by atoms with Crippen LogP contribution in [0.4, 0.5) is 10.5 Å². The fourth-order valence-corrected chi connectivity index (χ4v) is 5.21. The van der Waals surface area contributed by atoms with Crippen LogP contribution < -0.4 is 15.8 Å². The summed E-state index contributed by atoms with van der Waals surface area (Å²) in [5.41, 5.74) is 6.71. The van der Waals surface area contributed by atoms with Gasteiger partial charge in [0.2, 0.25) is 0 Å². The van der Waals surface area contributed by atoms with Gasteiger partial charge in [-0.15, -0.1) is 0 Å². The molecule has 1 atom stereocenters. The van der Waals surface area contributed by atoms with Crippen LogP contribution in [0.1, 0.15) is 56.5 Å². The SMILES string of the molecule is CCS(=O)c1ccc(Cl)cc1CNC(=O)c1cc(Cl)c(OC2CCN(C(=O)OC(C)(C)C)CC2)cc1N. The number of halogens is 2. The molecule has 2 aromatic rings. The number of amides is 2. The lowest BCUT2D eigenvalue weighted by Gasteiger charge is -2.33. The molecule has 0 aliphatic carbocycles. The van der Waals surface area contributed by atoms with Crippen molar-refractivity contribution in [3.05, 3.63) is 51.5 Å². The molecule has 1 heterocycles. The topological polar surface area (TPSA) is 111 Å². The van der Waals surface area contributed by atoms with Gasteiger partial charge >= 0.3 is 6.09 Å². The van der Waals surface area contributed by atoms with E-state index >= 15 is 0 Å². The van der Waals surface area contributed by atoms with E-state index in [0.29, 0.717) is 52.9 Å². The average Bonchev–Trinajstić information content (AvgIpc) is 2.83. The minimum atomic E-state index is -1.20. The Kier molecular flexibility index (Phi) is 9.72. The Hall–Kier alpha value is -2.49. The predicted octanol–water partition coefficient (Wildman–Crippen LogP) is 5.41. The van der Waals surface area contributed by atoms with E-state index in [9.17, 15) is 13.8 Å². The van der Waals surface area contributed by atoms with Gasteiger partial charge in [-0.25, -0.2) is 4.79 Å². The number of piperidine rings is 1. The van der Waals surface area contributed by atoms with E-state index in [1.165, 1.54) is 12.1 Å². The zero-order valence-electron chi connectivity index (χ0n) is 21.4. The molecule has 0 spiro atoms. The molecule has 3 N–H and O–H groups in total. The summed E-state index contributed by atoms with van der Waals surface area (Å²) < 4.78 is 23.8. The van der Waals surface area contributed by atoms with Gasteiger partial charge in [-0.1, -0.05) is 30.1 Å². The molecule has 2 amide bonds. The number of carbonyl (C=O) groups is 2. The maximum atomic E-state index is 12.9. The van der Waals surface area contributed by atoms with E-state index in [2.05, 4.69) is 5.32 Å². The summed E-state index contributed by atoms with van der Waals surface area (Å²) >= 11 is 12.5. The molecular formula is C26H33Cl2N3O5S. The molecule has 202 valence electrons. The van der Waals surface area contributed by atoms with Crippen LogP contribution in [-0.4, -0.2) is 51.7 Å². The third kappa shape index (κ3) is 7.99. The van der Waals surface area contributed by atoms with Crippen molar-refractivity contribution < 1.29 is 23.3 Å². The maximum Gasteiger partial charge on any atom is 0.410 e. The number of ether oxygens (including phenoxy) is 2. The van der Waals surface area contributed by atoms with Gasteiger partial charge in [0.05, 0.1) is 21.4 Å². The molecule has 1 saturated heterocycles. The number of rotatable bonds is 7. The van der Waals surface area contributed by atoms with Gasteiger partial charge in [0.1, 0.15) is 17.5 Å². The summed E-state index contributed by atoms with van der Waals surface area (Å²) in [5, 5.41) is 3.54. The molecule has 3 rings (SSSR count). The number of nitrogens with two attached hydrogens (primary N) is 1. The van der Waals surface area contributed by atoms with Crippen molar-refractivity contribution in [2.75, 3.05) is 24.6 Å². The zero-order chi connectivity index (χ0) is 27.3. The highest BCUT2D eigenvalue weighted by Crippen LogP contribution is 2.32. The van der Waals surface area contributed by atoms with Crippen LogP contribution >= 0.6 is 23.2 Å². The van der Waals surface area contributed by atoms with E-state index in [0.717, 1.165) is 0 Å². The van der Waals surface area contributed by atoms with E-state index < -0.39 is 22.3 Å². The number of anilines is 1. The van der Waals surface area contributed by atoms with E-state index in [4.69, 9.17) is 38.4 Å². The Labute approximate surface area is 230 Å². The van der Waals surface area contributed by atoms with Crippen LogP contribution in [0.5, 0.6) is 5.75 Å². The molecule has 11 heteroatoms. The molecule has 2 aromatic carbocycles. The molecule has 1 unspecified atom stereocenters. The first-order chi connectivity index (χ1) is 17.4. The number of hydrogen-bond donors (Lipinski definition) is 2. The lowest BCUT2D eigenvalue weighted by atomic mass is 10.1. The van der Waals surface area contributed by atoms with E-state index in [1.54, 1.807) is 23.1 Å². The smallest absolute Gasteiger partial charge is 0.410 e. The number of nitrogens with zero attached hydrogens (tertiary/aromatic N) is 1. The molecular weight excluding hydrogens is 537 g/mol. The predicted molar refractivity (Wildman–Crippen MR) is 147 cm³/mol. The first-order valence-electron chi connectivity index (χ1n) is 12.1. The van der Waals surface area contributed by atoms with Crippen molar-refractivity contribution in [3.8, 4) is 5.75 Å². The third-order valence-electron chi connectivity index (χ3n) is 5.71. The number of nitrogen functional groups attached to an aromatic ring is 1. The van der Waals surface area contributed by atoms with Crippen LogP contribution in [-0.2, 0) is 22.1 Å². The summed E-state index contributed by atoms with van der Waals surface area (Å²) in [7, 11) is -1.20. The lowest BCUT2D eigenvalue weighted by Crippen LogP contribution is -2.44. The van der Waals surface area contributed by atoms with Crippen molar-refractivity contribution in [2.45, 2.75) is 63.7 Å². The van der Waals surface area contributed by atoms with Crippen molar-refractivity contribution >= 4 is 51.7 Å². The molecule has 37 heavy (non-hydrogen) atoms. The molecule has 1 aliphatic heterocycles. The van der Waals surface area contributed by atoms with Crippen molar-refractivity contribution in [1.82, 2.24) is 10.2 Å². The number of likely N-dealkylation sites (tertiary alicyclic amines) is 1. The Morgan fingerprint density at radius 2 is 1.84 bits per heavy atom. The van der Waals surface area contributed by atoms with Crippen LogP contribution in [0.2, 0.25) is 10.0 Å². The zero-order valence-corrected chi connectivity index (χ0v) is 23.8. The van der Waals surface area contributed by atoms with Crippen molar-refractivity contribution in [3.63, 3.8) is 0 Å². The van der Waals surface area contributed by atoms with Gasteiger partial charge in [-0.3, -0.25) is 9.00 Å². The molecule has 0 radical (unpaired) electrons. The second-order valence-corrected chi connectivity index (χ2v) is 12.3. The third-order valence-corrected chi connectivity index (χ3v) is 7.65. The number of hydrogen-bond acceptors (Lipinski definition) is 6. The standard InChI is InChI=1S/C26H33Cl2N3O5S/c1-5-37(34)23-7-6-17(27)12-16(23)15-30-24(32)19-13-20(28)22(14-21(19)29)35-18-8-10-31(11-9-18)25(33)36-26(2,3)4/h6-7,12-14,18H,5,8-11,15,29H2,1-4H3,(H,30,32). The van der Waals surface area contributed by atoms with Crippen molar-refractivity contribution in [1.29, 1.82) is 0 Å². The fourth-order valence-electron chi connectivity index (χ4n) is 3.85. The van der Waals surface area contributed by atoms with Gasteiger partial charge in [0.15, 0.2) is 0 Å². The minimum absolute atomic E-state index is 0.131. The van der Waals surface area contributed by atoms with E-state index in [-0.39, 0.29) is 35.0 Å². The van der Waals surface area contributed by atoms with Crippen LogP contribution in [0.25, 0.3) is 0 Å². The van der Waals surface area contributed by atoms with E-state index in [1.807, 2.05) is 27.7 Å². The number of carbonyl (C=O) groups excluding carboxylic acids is 2. The molecule has 0 bridgehead atoms. The van der Waals surface area contributed by atoms with Gasteiger partial charge in [0, 0.05) is 59.9 Å². The van der Waals surface area contributed by atoms with Gasteiger partial charge in [-0.05, 0) is 50.6 Å². The normalized spacial score (nSPS) is 15.2. The monoisotopic (exact) mass is 569 g/mol. The summed E-state index contributed by atoms with van der Waals surface area (Å²) in [6.45, 7) is 8.46. The molecule has 0 aromatic heterocycles. The van der Waals surface area contributed by atoms with Gasteiger partial charge < -0.3 is 25.4 Å². The molecule has 1 fully saturated rings. The Bertz CT molecular complexity index is 1180. The van der Waals surface area contributed by atoms with Gasteiger partial charge in [-0.2, -0.15) is 0 Å². The highest BCUT2D eigenvalue weighted by molar-refractivity contribution is 7.85. The molecule has 8 nitrogen and oxygen atoms in total. The Morgan fingerprint density at radius 3 is 2.46 bits per heavy atom. The fraction of sp³-hybridized carbons (Fsp3) is 0.462. The minimum Gasteiger partial charge on any atom is -0.489 e. The quantitative estimate of drug-likeness (QED) is 0.431. The van der Waals surface area contributed by atoms with Crippen molar-refractivity contribution in [2.24, 2.45) is 0 Å². The Morgan fingerprint density at radius 1 is 1.16 bits per heavy atom. The Balaban J connectivity index is 1.62. The van der Waals surface area contributed by atoms with Crippen LogP contribution in [0.3, 0.4) is 0 Å². The summed E-state index contributed by atoms with van der Waals surface area (Å²) in [6, 6.07) is 8.08. The second kappa shape index (κ2) is 12.4. The highest BCUT2D eigenvalue weighted by Gasteiger charge is 2.28. The molecule has 1 aliphatic rings. The first-order valence-corrected chi connectivity index (χ1v) is 14.1.